The summed E-state index contributed by atoms with van der Waals surface area (Å²) in [4.78, 5) is 32.8. The van der Waals surface area contributed by atoms with Gasteiger partial charge in [0.05, 0.1) is 0 Å². The van der Waals surface area contributed by atoms with Gasteiger partial charge >= 0.3 is 0 Å². The molecule has 0 unspecified atom stereocenters. The summed E-state index contributed by atoms with van der Waals surface area (Å²) in [6.45, 7) is 5.37. The lowest BCUT2D eigenvalue weighted by Crippen LogP contribution is -2.29. The summed E-state index contributed by atoms with van der Waals surface area (Å²) in [5.41, 5.74) is 2.35. The third-order valence-corrected chi connectivity index (χ3v) is 5.25. The number of amides is 2. The normalized spacial score (nSPS) is 10.4. The molecule has 0 bridgehead atoms. The summed E-state index contributed by atoms with van der Waals surface area (Å²) in [5.74, 6) is 1.75. The molecule has 33 heavy (non-hydrogen) atoms. The van der Waals surface area contributed by atoms with Gasteiger partial charge in [0.2, 0.25) is 5.91 Å². The van der Waals surface area contributed by atoms with Crippen molar-refractivity contribution in [3.05, 3.63) is 70.2 Å². The van der Waals surface area contributed by atoms with Gasteiger partial charge in [0.1, 0.15) is 11.6 Å². The van der Waals surface area contributed by atoms with E-state index in [9.17, 15) is 9.59 Å². The predicted molar refractivity (Wildman–Crippen MR) is 134 cm³/mol. The molecule has 2 amide bonds. The minimum atomic E-state index is -0.136. The average molecular weight is 511 g/mol. The summed E-state index contributed by atoms with van der Waals surface area (Å²) >= 11 is 3.38. The second-order valence-electron chi connectivity index (χ2n) is 7.34. The Hall–Kier alpha value is -3.46. The molecule has 0 fully saturated rings. The number of rotatable bonds is 10. The van der Waals surface area contributed by atoms with Gasteiger partial charge in [-0.25, -0.2) is 9.97 Å². The highest BCUT2D eigenvalue weighted by Crippen LogP contribution is 2.24. The Bertz CT molecular complexity index is 1110. The number of hydrogen-bond acceptors (Lipinski definition) is 6. The molecular weight excluding hydrogens is 484 g/mol. The van der Waals surface area contributed by atoms with E-state index < -0.39 is 0 Å². The lowest BCUT2D eigenvalue weighted by molar-refractivity contribution is -0.118. The molecule has 3 aromatic rings. The first-order valence-electron chi connectivity index (χ1n) is 10.6. The van der Waals surface area contributed by atoms with Crippen molar-refractivity contribution in [2.75, 3.05) is 36.8 Å². The molecular formula is C24H27BrN6O2. The molecule has 1 heterocycles. The fourth-order valence-electron chi connectivity index (χ4n) is 3.09. The van der Waals surface area contributed by atoms with Crippen molar-refractivity contribution in [2.24, 2.45) is 0 Å². The van der Waals surface area contributed by atoms with Gasteiger partial charge in [0.25, 0.3) is 5.91 Å². The molecule has 0 spiro atoms. The number of benzene rings is 2. The van der Waals surface area contributed by atoms with Crippen LogP contribution in [0.3, 0.4) is 0 Å². The van der Waals surface area contributed by atoms with Crippen LogP contribution in [0.25, 0.3) is 11.4 Å². The number of carbonyl (C=O) groups is 2. The first-order chi connectivity index (χ1) is 15.9. The molecule has 0 aliphatic rings. The van der Waals surface area contributed by atoms with Crippen LogP contribution in [0.15, 0.2) is 59.1 Å². The van der Waals surface area contributed by atoms with Crippen molar-refractivity contribution in [2.45, 2.75) is 13.8 Å². The van der Waals surface area contributed by atoms with E-state index in [-0.39, 0.29) is 11.8 Å². The zero-order valence-corrected chi connectivity index (χ0v) is 20.2. The lowest BCUT2D eigenvalue weighted by Gasteiger charge is -2.16. The number of aromatic nitrogens is 2. The minimum absolute atomic E-state index is 0.0755. The maximum atomic E-state index is 12.3. The van der Waals surface area contributed by atoms with E-state index in [1.807, 2.05) is 49.4 Å². The van der Waals surface area contributed by atoms with E-state index in [1.54, 1.807) is 12.1 Å². The fraction of sp³-hybridized carbons (Fsp3) is 0.250. The molecule has 8 nitrogen and oxygen atoms in total. The number of nitrogens with one attached hydrogen (secondary N) is 4. The van der Waals surface area contributed by atoms with E-state index in [4.69, 9.17) is 4.98 Å². The van der Waals surface area contributed by atoms with Crippen LogP contribution in [0.5, 0.6) is 0 Å². The molecule has 3 rings (SSSR count). The average Bonchev–Trinajstić information content (AvgIpc) is 2.81. The number of hydrogen-bond donors (Lipinski definition) is 4. The number of anilines is 2. The van der Waals surface area contributed by atoms with Crippen LogP contribution in [0.2, 0.25) is 0 Å². The van der Waals surface area contributed by atoms with Crippen LogP contribution < -0.4 is 21.3 Å². The van der Waals surface area contributed by atoms with Gasteiger partial charge in [0.15, 0.2) is 5.82 Å². The zero-order chi connectivity index (χ0) is 23.6. The minimum Gasteiger partial charge on any atom is -0.368 e. The third-order valence-electron chi connectivity index (χ3n) is 4.76. The highest BCUT2D eigenvalue weighted by molar-refractivity contribution is 9.10. The van der Waals surface area contributed by atoms with Gasteiger partial charge in [-0.15, -0.1) is 0 Å². The molecule has 4 N–H and O–H groups in total. The van der Waals surface area contributed by atoms with Crippen LogP contribution in [0.4, 0.5) is 11.6 Å². The van der Waals surface area contributed by atoms with Crippen molar-refractivity contribution in [1.82, 2.24) is 20.6 Å². The van der Waals surface area contributed by atoms with E-state index in [2.05, 4.69) is 42.2 Å². The van der Waals surface area contributed by atoms with E-state index >= 15 is 0 Å². The smallest absolute Gasteiger partial charge is 0.251 e. The van der Waals surface area contributed by atoms with Gasteiger partial charge in [-0.1, -0.05) is 52.3 Å². The van der Waals surface area contributed by atoms with Gasteiger partial charge in [0, 0.05) is 54.3 Å². The Morgan fingerprint density at radius 2 is 1.48 bits per heavy atom. The summed E-state index contributed by atoms with van der Waals surface area (Å²) < 4.78 is 0.858. The second-order valence-corrected chi connectivity index (χ2v) is 8.25. The molecule has 0 saturated carbocycles. The van der Waals surface area contributed by atoms with Gasteiger partial charge in [-0.3, -0.25) is 9.59 Å². The summed E-state index contributed by atoms with van der Waals surface area (Å²) in [5, 5.41) is 12.2. The van der Waals surface area contributed by atoms with Crippen LogP contribution in [-0.2, 0) is 4.79 Å². The number of nitrogens with zero attached hydrogens (tertiary/aromatic N) is 2. The van der Waals surface area contributed by atoms with Crippen molar-refractivity contribution >= 4 is 39.4 Å². The third kappa shape index (κ3) is 7.28. The van der Waals surface area contributed by atoms with Crippen LogP contribution >= 0.6 is 15.9 Å². The summed E-state index contributed by atoms with van der Waals surface area (Å²) in [6, 6.07) is 17.0. The summed E-state index contributed by atoms with van der Waals surface area (Å²) in [7, 11) is 0. The van der Waals surface area contributed by atoms with Crippen LogP contribution in [-0.4, -0.2) is 48.0 Å². The molecule has 2 aromatic carbocycles. The molecule has 1 aromatic heterocycles. The summed E-state index contributed by atoms with van der Waals surface area (Å²) in [6.07, 6.45) is 0. The molecule has 0 atom stereocenters. The highest BCUT2D eigenvalue weighted by atomic mass is 79.9. The van der Waals surface area contributed by atoms with Crippen molar-refractivity contribution < 1.29 is 9.59 Å². The van der Waals surface area contributed by atoms with Crippen molar-refractivity contribution in [3.8, 4) is 11.4 Å². The number of halogens is 1. The Labute approximate surface area is 201 Å². The first-order valence-corrected chi connectivity index (χ1v) is 11.4. The molecule has 0 aliphatic heterocycles. The zero-order valence-electron chi connectivity index (χ0n) is 18.6. The monoisotopic (exact) mass is 510 g/mol. The standard InChI is InChI=1S/C24H27BrN6O2/c1-16-21(27-12-11-26-17(2)32)30-23(18-7-4-3-5-8-18)31-22(16)28-13-14-29-24(33)19-9-6-10-20(25)15-19/h3-10,15H,11-14H2,1-2H3,(H,26,32)(H,29,33)(H2,27,28,30,31). The van der Waals surface area contributed by atoms with E-state index in [1.165, 1.54) is 6.92 Å². The van der Waals surface area contributed by atoms with Crippen LogP contribution in [0.1, 0.15) is 22.8 Å². The Kier molecular flexibility index (Phi) is 8.77. The van der Waals surface area contributed by atoms with Gasteiger partial charge < -0.3 is 21.3 Å². The molecule has 0 radical (unpaired) electrons. The maximum Gasteiger partial charge on any atom is 0.251 e. The second kappa shape index (κ2) is 12.0. The quantitative estimate of drug-likeness (QED) is 0.310. The predicted octanol–water partition coefficient (Wildman–Crippen LogP) is 3.60. The van der Waals surface area contributed by atoms with Gasteiger partial charge in [-0.2, -0.15) is 0 Å². The highest BCUT2D eigenvalue weighted by Gasteiger charge is 2.12. The molecule has 0 aliphatic carbocycles. The number of carbonyl (C=O) groups excluding carboxylic acids is 2. The SMILES string of the molecule is CC(=O)NCCNc1nc(-c2ccccc2)nc(NCCNC(=O)c2cccc(Br)c2)c1C. The molecule has 9 heteroatoms. The Morgan fingerprint density at radius 1 is 0.848 bits per heavy atom. The first kappa shape index (κ1) is 24.2. The maximum absolute atomic E-state index is 12.3. The fourth-order valence-corrected chi connectivity index (χ4v) is 3.48. The van der Waals surface area contributed by atoms with Crippen molar-refractivity contribution in [3.63, 3.8) is 0 Å². The molecule has 0 saturated heterocycles. The largest absolute Gasteiger partial charge is 0.368 e. The van der Waals surface area contributed by atoms with E-state index in [0.29, 0.717) is 49.2 Å². The molecule has 172 valence electrons. The lowest BCUT2D eigenvalue weighted by atomic mass is 10.2. The van der Waals surface area contributed by atoms with Gasteiger partial charge in [-0.05, 0) is 25.1 Å². The Balaban J connectivity index is 1.68. The topological polar surface area (TPSA) is 108 Å². The Morgan fingerprint density at radius 3 is 2.09 bits per heavy atom. The van der Waals surface area contributed by atoms with Crippen molar-refractivity contribution in [1.29, 1.82) is 0 Å². The van der Waals surface area contributed by atoms with Crippen LogP contribution in [0, 0.1) is 6.92 Å². The van der Waals surface area contributed by atoms with E-state index in [0.717, 1.165) is 15.6 Å².